The Labute approximate surface area is 193 Å². The summed E-state index contributed by atoms with van der Waals surface area (Å²) in [5.41, 5.74) is 4.73. The van der Waals surface area contributed by atoms with Crippen LogP contribution < -0.4 is 14.2 Å². The number of aromatic hydroxyl groups is 2. The van der Waals surface area contributed by atoms with Gasteiger partial charge in [-0.1, -0.05) is 66.2 Å². The number of hydrogen-bond donors (Lipinski definition) is 2. The molecule has 0 fully saturated rings. The van der Waals surface area contributed by atoms with Crippen molar-refractivity contribution < 1.29 is 24.4 Å². The summed E-state index contributed by atoms with van der Waals surface area (Å²) >= 11 is 0. The summed E-state index contributed by atoms with van der Waals surface area (Å²) in [5.74, 6) is 1.04. The molecule has 0 spiro atoms. The van der Waals surface area contributed by atoms with Crippen LogP contribution in [0.25, 0.3) is 22.3 Å². The van der Waals surface area contributed by atoms with Crippen molar-refractivity contribution in [1.82, 2.24) is 0 Å². The van der Waals surface area contributed by atoms with Crippen LogP contribution in [0.3, 0.4) is 0 Å². The molecule has 4 aromatic rings. The van der Waals surface area contributed by atoms with Gasteiger partial charge in [0.15, 0.2) is 23.0 Å². The highest BCUT2D eigenvalue weighted by Gasteiger charge is 2.22. The Morgan fingerprint density at radius 2 is 1.42 bits per heavy atom. The quantitative estimate of drug-likeness (QED) is 0.350. The van der Waals surface area contributed by atoms with Crippen molar-refractivity contribution in [2.45, 2.75) is 13.5 Å². The Hall–Kier alpha value is -4.12. The van der Waals surface area contributed by atoms with E-state index < -0.39 is 0 Å². The second-order valence-electron chi connectivity index (χ2n) is 7.71. The lowest BCUT2D eigenvalue weighted by atomic mass is 9.96. The first-order chi connectivity index (χ1) is 16.0. The topological polar surface area (TPSA) is 68.2 Å². The number of phenols is 2. The SMILES string of the molecule is COc1cc(-c2ccc(C)cc2)c(OC)c(O)c1-c1ccc(OCc2ccccc2)c(O)c1. The lowest BCUT2D eigenvalue weighted by Gasteiger charge is -2.18. The van der Waals surface area contributed by atoms with Crippen LogP contribution in [0.15, 0.2) is 78.9 Å². The third kappa shape index (κ3) is 4.58. The fourth-order valence-electron chi connectivity index (χ4n) is 3.75. The number of aryl methyl sites for hydroxylation is 1. The fourth-order valence-corrected chi connectivity index (χ4v) is 3.75. The summed E-state index contributed by atoms with van der Waals surface area (Å²) in [6.07, 6.45) is 0. The van der Waals surface area contributed by atoms with Crippen molar-refractivity contribution >= 4 is 0 Å². The van der Waals surface area contributed by atoms with E-state index in [1.165, 1.54) is 7.11 Å². The summed E-state index contributed by atoms with van der Waals surface area (Å²) in [5, 5.41) is 21.7. The number of phenolic OH excluding ortho intramolecular Hbond substituents is 2. The van der Waals surface area contributed by atoms with Crippen LogP contribution in [0.4, 0.5) is 0 Å². The average Bonchev–Trinajstić information content (AvgIpc) is 2.84. The molecule has 4 aromatic carbocycles. The van der Waals surface area contributed by atoms with Gasteiger partial charge in [0.2, 0.25) is 0 Å². The van der Waals surface area contributed by atoms with Crippen LogP contribution in [0.5, 0.6) is 28.7 Å². The summed E-state index contributed by atoms with van der Waals surface area (Å²) in [6, 6.07) is 24.5. The highest BCUT2D eigenvalue weighted by Crippen LogP contribution is 2.50. The highest BCUT2D eigenvalue weighted by molar-refractivity contribution is 5.88. The third-order valence-electron chi connectivity index (χ3n) is 5.49. The molecule has 5 nitrogen and oxygen atoms in total. The molecule has 0 bridgehead atoms. The zero-order valence-corrected chi connectivity index (χ0v) is 18.8. The van der Waals surface area contributed by atoms with Crippen LogP contribution in [0.2, 0.25) is 0 Å². The maximum atomic E-state index is 11.1. The average molecular weight is 443 g/mol. The van der Waals surface area contributed by atoms with Crippen LogP contribution in [-0.2, 0) is 6.61 Å². The van der Waals surface area contributed by atoms with E-state index in [2.05, 4.69) is 0 Å². The second kappa shape index (κ2) is 9.57. The maximum absolute atomic E-state index is 11.1. The van der Waals surface area contributed by atoms with Gasteiger partial charge in [-0.3, -0.25) is 0 Å². The summed E-state index contributed by atoms with van der Waals surface area (Å²) in [6.45, 7) is 2.35. The molecule has 0 radical (unpaired) electrons. The molecule has 4 rings (SSSR count). The minimum absolute atomic E-state index is 0.0357. The molecule has 168 valence electrons. The Balaban J connectivity index is 1.72. The van der Waals surface area contributed by atoms with E-state index in [1.54, 1.807) is 25.3 Å². The minimum atomic E-state index is -0.0650. The molecule has 0 amide bonds. The van der Waals surface area contributed by atoms with Crippen molar-refractivity contribution in [2.75, 3.05) is 14.2 Å². The van der Waals surface area contributed by atoms with E-state index >= 15 is 0 Å². The molecule has 0 saturated heterocycles. The Kier molecular flexibility index (Phi) is 6.41. The second-order valence-corrected chi connectivity index (χ2v) is 7.71. The van der Waals surface area contributed by atoms with Crippen molar-refractivity contribution in [3.8, 4) is 51.0 Å². The van der Waals surface area contributed by atoms with Gasteiger partial charge in [0.05, 0.1) is 19.8 Å². The Morgan fingerprint density at radius 3 is 2.06 bits per heavy atom. The molecule has 0 aliphatic carbocycles. The largest absolute Gasteiger partial charge is 0.504 e. The Bertz CT molecular complexity index is 1250. The molecule has 0 unspecified atom stereocenters. The van der Waals surface area contributed by atoms with Gasteiger partial charge in [0.25, 0.3) is 0 Å². The van der Waals surface area contributed by atoms with Crippen molar-refractivity contribution in [3.05, 3.63) is 90.0 Å². The predicted molar refractivity (Wildman–Crippen MR) is 129 cm³/mol. The molecule has 0 atom stereocenters. The van der Waals surface area contributed by atoms with Gasteiger partial charge in [-0.2, -0.15) is 0 Å². The van der Waals surface area contributed by atoms with E-state index in [4.69, 9.17) is 14.2 Å². The van der Waals surface area contributed by atoms with Crippen LogP contribution in [0.1, 0.15) is 11.1 Å². The molecule has 2 N–H and O–H groups in total. The standard InChI is InChI=1S/C28H26O5/c1-18-9-11-20(12-10-18)22-16-25(31-2)26(27(30)28(22)32-3)21-13-14-24(23(29)15-21)33-17-19-7-5-4-6-8-19/h4-16,29-30H,17H2,1-3H3. The predicted octanol–water partition coefficient (Wildman–Crippen LogP) is 6.34. The van der Waals surface area contributed by atoms with Gasteiger partial charge in [0, 0.05) is 5.56 Å². The van der Waals surface area contributed by atoms with E-state index in [0.717, 1.165) is 16.7 Å². The molecule has 33 heavy (non-hydrogen) atoms. The van der Waals surface area contributed by atoms with Gasteiger partial charge in [-0.05, 0) is 41.8 Å². The third-order valence-corrected chi connectivity index (χ3v) is 5.49. The van der Waals surface area contributed by atoms with Crippen LogP contribution in [-0.4, -0.2) is 24.4 Å². The lowest BCUT2D eigenvalue weighted by molar-refractivity contribution is 0.289. The van der Waals surface area contributed by atoms with Gasteiger partial charge >= 0.3 is 0 Å². The number of rotatable bonds is 7. The first kappa shape index (κ1) is 22.1. The van der Waals surface area contributed by atoms with Gasteiger partial charge < -0.3 is 24.4 Å². The monoisotopic (exact) mass is 442 g/mol. The zero-order valence-electron chi connectivity index (χ0n) is 18.8. The molecular weight excluding hydrogens is 416 g/mol. The van der Waals surface area contributed by atoms with Crippen molar-refractivity contribution in [2.24, 2.45) is 0 Å². The van der Waals surface area contributed by atoms with E-state index in [1.807, 2.05) is 67.6 Å². The normalized spacial score (nSPS) is 10.6. The van der Waals surface area contributed by atoms with E-state index in [-0.39, 0.29) is 11.5 Å². The molecule has 5 heteroatoms. The first-order valence-electron chi connectivity index (χ1n) is 10.6. The summed E-state index contributed by atoms with van der Waals surface area (Å²) < 4.78 is 16.9. The fraction of sp³-hybridized carbons (Fsp3) is 0.143. The molecule has 0 aliphatic rings. The highest BCUT2D eigenvalue weighted by atomic mass is 16.5. The molecule has 0 saturated carbocycles. The maximum Gasteiger partial charge on any atom is 0.170 e. The summed E-state index contributed by atoms with van der Waals surface area (Å²) in [4.78, 5) is 0. The number of hydrogen-bond acceptors (Lipinski definition) is 5. The Morgan fingerprint density at radius 1 is 0.727 bits per heavy atom. The number of benzene rings is 4. The van der Waals surface area contributed by atoms with Crippen LogP contribution in [0, 0.1) is 6.92 Å². The first-order valence-corrected chi connectivity index (χ1v) is 10.6. The summed E-state index contributed by atoms with van der Waals surface area (Å²) in [7, 11) is 3.06. The van der Waals surface area contributed by atoms with Crippen LogP contribution >= 0.6 is 0 Å². The van der Waals surface area contributed by atoms with Gasteiger partial charge in [0.1, 0.15) is 12.4 Å². The van der Waals surface area contributed by atoms with Gasteiger partial charge in [-0.15, -0.1) is 0 Å². The minimum Gasteiger partial charge on any atom is -0.504 e. The van der Waals surface area contributed by atoms with E-state index in [0.29, 0.717) is 40.5 Å². The number of methoxy groups -OCH3 is 2. The van der Waals surface area contributed by atoms with Crippen molar-refractivity contribution in [1.29, 1.82) is 0 Å². The van der Waals surface area contributed by atoms with E-state index in [9.17, 15) is 10.2 Å². The van der Waals surface area contributed by atoms with Crippen molar-refractivity contribution in [3.63, 3.8) is 0 Å². The smallest absolute Gasteiger partial charge is 0.170 e. The molecule has 0 aliphatic heterocycles. The lowest BCUT2D eigenvalue weighted by Crippen LogP contribution is -1.97. The molecule has 0 heterocycles. The molecular formula is C28H26O5. The number of ether oxygens (including phenoxy) is 3. The zero-order chi connectivity index (χ0) is 23.4. The molecule has 0 aromatic heterocycles. The van der Waals surface area contributed by atoms with Gasteiger partial charge in [-0.25, -0.2) is 0 Å².